The molecule has 1 aromatic heterocycles. The van der Waals surface area contributed by atoms with Gasteiger partial charge in [0.05, 0.1) is 0 Å². The lowest BCUT2D eigenvalue weighted by Gasteiger charge is -2.21. The molecule has 96 valence electrons. The van der Waals surface area contributed by atoms with Gasteiger partial charge in [-0.15, -0.1) is 0 Å². The molecule has 1 fully saturated rings. The van der Waals surface area contributed by atoms with Crippen LogP contribution in [0.4, 0.5) is 0 Å². The molecule has 0 amide bonds. The first kappa shape index (κ1) is 12.5. The van der Waals surface area contributed by atoms with Gasteiger partial charge in [-0.1, -0.05) is 11.6 Å². The van der Waals surface area contributed by atoms with Gasteiger partial charge in [0.15, 0.2) is 5.82 Å². The zero-order valence-corrected chi connectivity index (χ0v) is 10.7. The highest BCUT2D eigenvalue weighted by molar-refractivity contribution is 4.92. The minimum atomic E-state index is 0.383. The van der Waals surface area contributed by atoms with E-state index in [1.165, 1.54) is 19.3 Å². The molecular formula is C12H22N4O. The van der Waals surface area contributed by atoms with Crippen LogP contribution >= 0.6 is 0 Å². The quantitative estimate of drug-likeness (QED) is 0.798. The summed E-state index contributed by atoms with van der Waals surface area (Å²) in [6.07, 6.45) is 5.48. The molecule has 1 saturated heterocycles. The molecule has 2 N–H and O–H groups in total. The molecule has 0 aromatic carbocycles. The summed E-state index contributed by atoms with van der Waals surface area (Å²) in [4.78, 5) is 4.43. The summed E-state index contributed by atoms with van der Waals surface area (Å²) in [5.41, 5.74) is 0. The van der Waals surface area contributed by atoms with Crippen LogP contribution in [0, 0.1) is 0 Å². The third-order valence-corrected chi connectivity index (χ3v) is 3.33. The van der Waals surface area contributed by atoms with Crippen molar-refractivity contribution in [1.82, 2.24) is 20.8 Å². The summed E-state index contributed by atoms with van der Waals surface area (Å²) in [6.45, 7) is 3.22. The average Bonchev–Trinajstić information content (AvgIpc) is 2.77. The van der Waals surface area contributed by atoms with Crippen LogP contribution in [0.25, 0.3) is 0 Å². The minimum absolute atomic E-state index is 0.383. The van der Waals surface area contributed by atoms with Crippen molar-refractivity contribution in [3.63, 3.8) is 0 Å². The number of hydrogen-bond donors (Lipinski definition) is 2. The van der Waals surface area contributed by atoms with Crippen molar-refractivity contribution in [1.29, 1.82) is 0 Å². The van der Waals surface area contributed by atoms with E-state index in [0.717, 1.165) is 31.1 Å². The first-order valence-corrected chi connectivity index (χ1v) is 6.50. The van der Waals surface area contributed by atoms with E-state index in [-0.39, 0.29) is 0 Å². The Labute approximate surface area is 102 Å². The van der Waals surface area contributed by atoms with Gasteiger partial charge in [-0.3, -0.25) is 0 Å². The molecule has 0 spiro atoms. The van der Waals surface area contributed by atoms with Crippen LogP contribution in [-0.4, -0.2) is 35.8 Å². The summed E-state index contributed by atoms with van der Waals surface area (Å²) in [5.74, 6) is 1.57. The van der Waals surface area contributed by atoms with Crippen LogP contribution in [0.5, 0.6) is 0 Å². The third kappa shape index (κ3) is 3.78. The molecule has 0 saturated carbocycles. The van der Waals surface area contributed by atoms with E-state index in [9.17, 15) is 0 Å². The van der Waals surface area contributed by atoms with Gasteiger partial charge in [0.2, 0.25) is 5.89 Å². The summed E-state index contributed by atoms with van der Waals surface area (Å²) < 4.78 is 5.28. The number of nitrogens with zero attached hydrogens (tertiary/aromatic N) is 2. The fourth-order valence-electron chi connectivity index (χ4n) is 2.14. The monoisotopic (exact) mass is 238 g/mol. The Kier molecular flexibility index (Phi) is 4.50. The van der Waals surface area contributed by atoms with Crippen LogP contribution in [0.15, 0.2) is 4.52 Å². The molecule has 1 aliphatic heterocycles. The van der Waals surface area contributed by atoms with Crippen LogP contribution < -0.4 is 10.6 Å². The van der Waals surface area contributed by atoms with Crippen LogP contribution in [-0.2, 0) is 12.8 Å². The second kappa shape index (κ2) is 6.12. The van der Waals surface area contributed by atoms with E-state index in [2.05, 4.69) is 27.7 Å². The van der Waals surface area contributed by atoms with Gasteiger partial charge in [-0.25, -0.2) is 0 Å². The van der Waals surface area contributed by atoms with Gasteiger partial charge in [-0.05, 0) is 33.4 Å². The van der Waals surface area contributed by atoms with Crippen molar-refractivity contribution in [2.75, 3.05) is 13.6 Å². The van der Waals surface area contributed by atoms with Crippen LogP contribution in [0.2, 0.25) is 0 Å². The number of rotatable bonds is 5. The standard InChI is InChI=1S/C12H22N4O/c1-9(13-2)7-11-15-12(17-16-11)8-10-5-3-4-6-14-10/h9-10,13-14H,3-8H2,1-2H3. The van der Waals surface area contributed by atoms with Gasteiger partial charge in [0.1, 0.15) is 0 Å². The minimum Gasteiger partial charge on any atom is -0.339 e. The maximum absolute atomic E-state index is 5.28. The lowest BCUT2D eigenvalue weighted by molar-refractivity contribution is 0.329. The Bertz CT molecular complexity index is 333. The van der Waals surface area contributed by atoms with E-state index >= 15 is 0 Å². The summed E-state index contributed by atoms with van der Waals surface area (Å²) in [5, 5.41) is 10.7. The van der Waals surface area contributed by atoms with Crippen molar-refractivity contribution >= 4 is 0 Å². The molecule has 2 atom stereocenters. The van der Waals surface area contributed by atoms with Crippen molar-refractivity contribution in [2.45, 2.75) is 51.1 Å². The fraction of sp³-hybridized carbons (Fsp3) is 0.833. The molecule has 2 heterocycles. The maximum Gasteiger partial charge on any atom is 0.228 e. The molecule has 1 aliphatic rings. The molecule has 1 aromatic rings. The molecule has 17 heavy (non-hydrogen) atoms. The summed E-state index contributed by atoms with van der Waals surface area (Å²) in [7, 11) is 1.94. The van der Waals surface area contributed by atoms with Gasteiger partial charge >= 0.3 is 0 Å². The number of hydrogen-bond acceptors (Lipinski definition) is 5. The number of nitrogens with one attached hydrogen (secondary N) is 2. The molecule has 0 radical (unpaired) electrons. The van der Waals surface area contributed by atoms with Crippen molar-refractivity contribution in [3.8, 4) is 0 Å². The second-order valence-corrected chi connectivity index (χ2v) is 4.85. The maximum atomic E-state index is 5.28. The Morgan fingerprint density at radius 1 is 1.53 bits per heavy atom. The average molecular weight is 238 g/mol. The van der Waals surface area contributed by atoms with E-state index in [1.807, 2.05) is 7.05 Å². The molecule has 2 unspecified atom stereocenters. The lowest BCUT2D eigenvalue weighted by atomic mass is 10.0. The summed E-state index contributed by atoms with van der Waals surface area (Å²) >= 11 is 0. The first-order chi connectivity index (χ1) is 8.28. The zero-order chi connectivity index (χ0) is 12.1. The third-order valence-electron chi connectivity index (χ3n) is 3.33. The first-order valence-electron chi connectivity index (χ1n) is 6.50. The van der Waals surface area contributed by atoms with Gasteiger partial charge in [-0.2, -0.15) is 4.98 Å². The molecule has 2 rings (SSSR count). The van der Waals surface area contributed by atoms with Gasteiger partial charge in [0, 0.05) is 24.9 Å². The van der Waals surface area contributed by atoms with E-state index in [4.69, 9.17) is 4.52 Å². The Morgan fingerprint density at radius 3 is 3.12 bits per heavy atom. The lowest BCUT2D eigenvalue weighted by Crippen LogP contribution is -2.35. The predicted octanol–water partition coefficient (Wildman–Crippen LogP) is 0.905. The second-order valence-electron chi connectivity index (χ2n) is 4.85. The van der Waals surface area contributed by atoms with E-state index in [0.29, 0.717) is 12.1 Å². The largest absolute Gasteiger partial charge is 0.339 e. The van der Waals surface area contributed by atoms with Crippen molar-refractivity contribution < 1.29 is 4.52 Å². The summed E-state index contributed by atoms with van der Waals surface area (Å²) in [6, 6.07) is 0.895. The van der Waals surface area contributed by atoms with Crippen molar-refractivity contribution in [3.05, 3.63) is 11.7 Å². The Hall–Kier alpha value is -0.940. The number of aromatic nitrogens is 2. The molecular weight excluding hydrogens is 216 g/mol. The van der Waals surface area contributed by atoms with Crippen LogP contribution in [0.1, 0.15) is 37.9 Å². The topological polar surface area (TPSA) is 63.0 Å². The van der Waals surface area contributed by atoms with Crippen LogP contribution in [0.3, 0.4) is 0 Å². The predicted molar refractivity (Wildman–Crippen MR) is 65.9 cm³/mol. The SMILES string of the molecule is CNC(C)Cc1noc(CC2CCCCN2)n1. The molecule has 0 aliphatic carbocycles. The number of likely N-dealkylation sites (N-methyl/N-ethyl adjacent to an activating group) is 1. The molecule has 5 nitrogen and oxygen atoms in total. The fourth-order valence-corrected chi connectivity index (χ4v) is 2.14. The van der Waals surface area contributed by atoms with Crippen molar-refractivity contribution in [2.24, 2.45) is 0 Å². The number of piperidine rings is 1. The van der Waals surface area contributed by atoms with E-state index in [1.54, 1.807) is 0 Å². The zero-order valence-electron chi connectivity index (χ0n) is 10.7. The highest BCUT2D eigenvalue weighted by atomic mass is 16.5. The molecule has 0 bridgehead atoms. The Balaban J connectivity index is 1.84. The van der Waals surface area contributed by atoms with Gasteiger partial charge < -0.3 is 15.2 Å². The van der Waals surface area contributed by atoms with Gasteiger partial charge in [0.25, 0.3) is 0 Å². The molecule has 5 heteroatoms. The normalized spacial score (nSPS) is 22.6. The smallest absolute Gasteiger partial charge is 0.228 e. The highest BCUT2D eigenvalue weighted by Gasteiger charge is 2.17. The Morgan fingerprint density at radius 2 is 2.41 bits per heavy atom. The van der Waals surface area contributed by atoms with E-state index < -0.39 is 0 Å². The highest BCUT2D eigenvalue weighted by Crippen LogP contribution is 2.12.